The van der Waals surface area contributed by atoms with Gasteiger partial charge in [0.25, 0.3) is 0 Å². The summed E-state index contributed by atoms with van der Waals surface area (Å²) in [6.45, 7) is 3.98. The number of rotatable bonds is 4. The van der Waals surface area contributed by atoms with Gasteiger partial charge in [0.15, 0.2) is 0 Å². The van der Waals surface area contributed by atoms with Crippen LogP contribution in [0.1, 0.15) is 26.7 Å². The van der Waals surface area contributed by atoms with E-state index in [0.29, 0.717) is 6.42 Å². The number of carbonyl (C=O) groups excluding carboxylic acids is 1. The van der Waals surface area contributed by atoms with Gasteiger partial charge in [-0.2, -0.15) is 0 Å². The summed E-state index contributed by atoms with van der Waals surface area (Å²) >= 11 is 0. The van der Waals surface area contributed by atoms with Gasteiger partial charge in [0.2, 0.25) is 0 Å². The highest BCUT2D eigenvalue weighted by Gasteiger charge is 2.22. The van der Waals surface area contributed by atoms with Gasteiger partial charge < -0.3 is 15.7 Å². The zero-order valence-electron chi connectivity index (χ0n) is 7.98. The SMILES string of the molecule is CCC(C)(CCO)NC(=O)NC. The van der Waals surface area contributed by atoms with Gasteiger partial charge in [-0.05, 0) is 19.8 Å². The lowest BCUT2D eigenvalue weighted by atomic mass is 9.95. The molecule has 0 rings (SSSR count). The summed E-state index contributed by atoms with van der Waals surface area (Å²) in [5, 5.41) is 14.0. The van der Waals surface area contributed by atoms with Crippen LogP contribution in [0.5, 0.6) is 0 Å². The third kappa shape index (κ3) is 3.57. The molecule has 12 heavy (non-hydrogen) atoms. The summed E-state index contributed by atoms with van der Waals surface area (Å²) in [4.78, 5) is 11.0. The Morgan fingerprint density at radius 2 is 2.17 bits per heavy atom. The van der Waals surface area contributed by atoms with Crippen LogP contribution in [-0.4, -0.2) is 30.3 Å². The molecule has 0 bridgehead atoms. The van der Waals surface area contributed by atoms with Crippen molar-refractivity contribution in [2.75, 3.05) is 13.7 Å². The van der Waals surface area contributed by atoms with E-state index < -0.39 is 0 Å². The fourth-order valence-electron chi connectivity index (χ4n) is 0.911. The van der Waals surface area contributed by atoms with Gasteiger partial charge in [-0.3, -0.25) is 0 Å². The smallest absolute Gasteiger partial charge is 0.314 e. The van der Waals surface area contributed by atoms with Crippen molar-refractivity contribution < 1.29 is 9.90 Å². The van der Waals surface area contributed by atoms with E-state index in [0.717, 1.165) is 6.42 Å². The minimum Gasteiger partial charge on any atom is -0.396 e. The molecular weight excluding hydrogens is 156 g/mol. The van der Waals surface area contributed by atoms with E-state index in [1.165, 1.54) is 0 Å². The maximum atomic E-state index is 11.0. The summed E-state index contributed by atoms with van der Waals surface area (Å²) in [6, 6.07) is -0.201. The Kier molecular flexibility index (Phi) is 4.66. The fourth-order valence-corrected chi connectivity index (χ4v) is 0.911. The molecule has 1 atom stereocenters. The van der Waals surface area contributed by atoms with Crippen molar-refractivity contribution in [2.45, 2.75) is 32.2 Å². The van der Waals surface area contributed by atoms with Crippen molar-refractivity contribution in [1.82, 2.24) is 10.6 Å². The van der Waals surface area contributed by atoms with Gasteiger partial charge in [0, 0.05) is 19.2 Å². The third-order valence-electron chi connectivity index (χ3n) is 2.09. The lowest BCUT2D eigenvalue weighted by Crippen LogP contribution is -2.49. The Bertz CT molecular complexity index is 150. The van der Waals surface area contributed by atoms with Crippen LogP contribution in [0, 0.1) is 0 Å². The van der Waals surface area contributed by atoms with E-state index in [1.807, 2.05) is 13.8 Å². The largest absolute Gasteiger partial charge is 0.396 e. The third-order valence-corrected chi connectivity index (χ3v) is 2.09. The molecule has 0 aromatic heterocycles. The van der Waals surface area contributed by atoms with Crippen molar-refractivity contribution in [3.63, 3.8) is 0 Å². The fraction of sp³-hybridized carbons (Fsp3) is 0.875. The van der Waals surface area contributed by atoms with Crippen molar-refractivity contribution in [3.8, 4) is 0 Å². The molecule has 0 spiro atoms. The summed E-state index contributed by atoms with van der Waals surface area (Å²) in [7, 11) is 1.57. The van der Waals surface area contributed by atoms with Crippen molar-refractivity contribution in [2.24, 2.45) is 0 Å². The van der Waals surface area contributed by atoms with Gasteiger partial charge in [-0.25, -0.2) is 4.79 Å². The second kappa shape index (κ2) is 4.98. The zero-order chi connectivity index (χ0) is 9.61. The Labute approximate surface area is 73.3 Å². The molecule has 72 valence electrons. The van der Waals surface area contributed by atoms with Crippen molar-refractivity contribution in [3.05, 3.63) is 0 Å². The average Bonchev–Trinajstić information content (AvgIpc) is 2.05. The Morgan fingerprint density at radius 3 is 2.50 bits per heavy atom. The minimum absolute atomic E-state index is 0.0916. The molecule has 0 aromatic carbocycles. The van der Waals surface area contributed by atoms with E-state index in [1.54, 1.807) is 7.05 Å². The van der Waals surface area contributed by atoms with Gasteiger partial charge in [0.1, 0.15) is 0 Å². The molecule has 4 nitrogen and oxygen atoms in total. The Balaban J connectivity index is 4.03. The molecule has 2 amide bonds. The highest BCUT2D eigenvalue weighted by atomic mass is 16.3. The number of hydrogen-bond acceptors (Lipinski definition) is 2. The van der Waals surface area contributed by atoms with Crippen LogP contribution in [0.4, 0.5) is 4.79 Å². The van der Waals surface area contributed by atoms with Gasteiger partial charge in [0.05, 0.1) is 0 Å². The second-order valence-electron chi connectivity index (χ2n) is 3.09. The minimum atomic E-state index is -0.297. The number of aliphatic hydroxyl groups excluding tert-OH is 1. The number of urea groups is 1. The summed E-state index contributed by atoms with van der Waals surface area (Å²) in [5.41, 5.74) is -0.297. The molecule has 0 aliphatic rings. The highest BCUT2D eigenvalue weighted by molar-refractivity contribution is 5.74. The molecule has 0 radical (unpaired) electrons. The zero-order valence-corrected chi connectivity index (χ0v) is 7.98. The molecule has 0 aliphatic heterocycles. The average molecular weight is 174 g/mol. The molecule has 0 saturated carbocycles. The standard InChI is InChI=1S/C8H18N2O2/c1-4-8(2,5-6-11)10-7(12)9-3/h11H,4-6H2,1-3H3,(H2,9,10,12). The lowest BCUT2D eigenvalue weighted by molar-refractivity contribution is 0.202. The number of carbonyl (C=O) groups is 1. The second-order valence-corrected chi connectivity index (χ2v) is 3.09. The van der Waals surface area contributed by atoms with Crippen molar-refractivity contribution in [1.29, 1.82) is 0 Å². The van der Waals surface area contributed by atoms with Gasteiger partial charge in [-0.1, -0.05) is 6.92 Å². The van der Waals surface area contributed by atoms with Crippen LogP contribution in [0.25, 0.3) is 0 Å². The number of aliphatic hydroxyl groups is 1. The van der Waals surface area contributed by atoms with Crippen molar-refractivity contribution >= 4 is 6.03 Å². The van der Waals surface area contributed by atoms with E-state index in [-0.39, 0.29) is 18.2 Å². The topological polar surface area (TPSA) is 61.4 Å². The molecule has 0 saturated heterocycles. The Morgan fingerprint density at radius 1 is 1.58 bits per heavy atom. The first-order valence-electron chi connectivity index (χ1n) is 4.18. The van der Waals surface area contributed by atoms with E-state index in [2.05, 4.69) is 10.6 Å². The first-order chi connectivity index (χ1) is 5.58. The summed E-state index contributed by atoms with van der Waals surface area (Å²) < 4.78 is 0. The molecule has 4 heteroatoms. The Hall–Kier alpha value is -0.770. The molecule has 0 heterocycles. The maximum Gasteiger partial charge on any atom is 0.314 e. The lowest BCUT2D eigenvalue weighted by Gasteiger charge is -2.28. The number of hydrogen-bond donors (Lipinski definition) is 3. The summed E-state index contributed by atoms with van der Waals surface area (Å²) in [5.74, 6) is 0. The van der Waals surface area contributed by atoms with Crippen LogP contribution in [0.3, 0.4) is 0 Å². The molecule has 0 aliphatic carbocycles. The molecule has 0 fully saturated rings. The van der Waals surface area contributed by atoms with Gasteiger partial charge in [-0.15, -0.1) is 0 Å². The quantitative estimate of drug-likeness (QED) is 0.580. The predicted octanol–water partition coefficient (Wildman–Crippen LogP) is 0.467. The monoisotopic (exact) mass is 174 g/mol. The number of amides is 2. The highest BCUT2D eigenvalue weighted by Crippen LogP contribution is 2.12. The normalized spacial score (nSPS) is 15.0. The van der Waals surface area contributed by atoms with Crippen LogP contribution in [-0.2, 0) is 0 Å². The number of nitrogens with one attached hydrogen (secondary N) is 2. The van der Waals surface area contributed by atoms with Crippen LogP contribution < -0.4 is 10.6 Å². The van der Waals surface area contributed by atoms with E-state index in [4.69, 9.17) is 5.11 Å². The van der Waals surface area contributed by atoms with Crippen LogP contribution in [0.2, 0.25) is 0 Å². The molecule has 0 aromatic rings. The molecular formula is C8H18N2O2. The van der Waals surface area contributed by atoms with Crippen LogP contribution >= 0.6 is 0 Å². The summed E-state index contributed by atoms with van der Waals surface area (Å²) in [6.07, 6.45) is 1.39. The first-order valence-corrected chi connectivity index (χ1v) is 4.18. The van der Waals surface area contributed by atoms with Gasteiger partial charge >= 0.3 is 6.03 Å². The van der Waals surface area contributed by atoms with Crippen LogP contribution in [0.15, 0.2) is 0 Å². The molecule has 1 unspecified atom stereocenters. The van der Waals surface area contributed by atoms with E-state index in [9.17, 15) is 4.79 Å². The molecule has 3 N–H and O–H groups in total. The van der Waals surface area contributed by atoms with E-state index >= 15 is 0 Å². The predicted molar refractivity (Wildman–Crippen MR) is 48.0 cm³/mol. The maximum absolute atomic E-state index is 11.0. The first kappa shape index (κ1) is 11.2.